The Hall–Kier alpha value is -2.64. The van der Waals surface area contributed by atoms with Crippen LogP contribution < -0.4 is 5.32 Å². The maximum atomic E-state index is 11.5. The molecule has 0 saturated carbocycles. The van der Waals surface area contributed by atoms with E-state index in [2.05, 4.69) is 32.4 Å². The zero-order valence-electron chi connectivity index (χ0n) is 13.7. The highest BCUT2D eigenvalue weighted by atomic mass is 32.1. The summed E-state index contributed by atoms with van der Waals surface area (Å²) in [7, 11) is 0. The highest BCUT2D eigenvalue weighted by Crippen LogP contribution is 2.36. The van der Waals surface area contributed by atoms with Gasteiger partial charge in [-0.15, -0.1) is 22.7 Å². The third-order valence-corrected chi connectivity index (χ3v) is 6.42. The Morgan fingerprint density at radius 2 is 2.04 bits per heavy atom. The number of nitrogens with one attached hydrogen (secondary N) is 1. The van der Waals surface area contributed by atoms with Crippen molar-refractivity contribution in [3.63, 3.8) is 0 Å². The van der Waals surface area contributed by atoms with Gasteiger partial charge in [-0.1, -0.05) is 6.08 Å². The second-order valence-electron chi connectivity index (χ2n) is 6.18. The number of thiazole rings is 1. The molecule has 0 unspecified atom stereocenters. The number of thiophene rings is 1. The molecule has 1 aromatic carbocycles. The first kappa shape index (κ1) is 15.6. The molecule has 0 spiro atoms. The molecule has 1 aliphatic rings. The smallest absolute Gasteiger partial charge is 0.142 e. The minimum absolute atomic E-state index is 0.314. The summed E-state index contributed by atoms with van der Waals surface area (Å²) in [5.41, 5.74) is 5.03. The van der Waals surface area contributed by atoms with Crippen LogP contribution in [0, 0.1) is 0 Å². The number of carbonyl (C=O) groups is 1. The summed E-state index contributed by atoms with van der Waals surface area (Å²) in [5.74, 6) is 1.11. The number of aromatic nitrogens is 3. The largest absolute Gasteiger partial charge is 0.340 e. The van der Waals surface area contributed by atoms with E-state index in [9.17, 15) is 4.79 Å². The Bertz CT molecular complexity index is 1170. The van der Waals surface area contributed by atoms with E-state index in [1.807, 2.05) is 23.7 Å². The van der Waals surface area contributed by atoms with Gasteiger partial charge in [-0.2, -0.15) is 0 Å². The molecular formula is C19H14N4OS2. The number of benzene rings is 1. The van der Waals surface area contributed by atoms with Crippen LogP contribution in [0.25, 0.3) is 26.0 Å². The number of carbonyl (C=O) groups excluding carboxylic acids is 1. The fraction of sp³-hybridized carbons (Fsp3) is 0.158. The molecule has 0 radical (unpaired) electrons. The average molecular weight is 378 g/mol. The monoisotopic (exact) mass is 378 g/mol. The number of nitrogens with zero attached hydrogens (tertiary/aromatic N) is 3. The Morgan fingerprint density at radius 1 is 1.08 bits per heavy atom. The van der Waals surface area contributed by atoms with Gasteiger partial charge in [0.15, 0.2) is 0 Å². The predicted octanol–water partition coefficient (Wildman–Crippen LogP) is 5.18. The quantitative estimate of drug-likeness (QED) is 0.532. The molecule has 5 nitrogen and oxygen atoms in total. The number of allylic oxidation sites excluding steroid dienone is 2. The summed E-state index contributed by atoms with van der Waals surface area (Å²) in [6, 6.07) is 8.27. The predicted molar refractivity (Wildman–Crippen MR) is 107 cm³/mol. The van der Waals surface area contributed by atoms with Crippen LogP contribution in [-0.2, 0) is 4.79 Å². The van der Waals surface area contributed by atoms with Crippen LogP contribution in [0.4, 0.5) is 11.5 Å². The maximum absolute atomic E-state index is 11.5. The van der Waals surface area contributed by atoms with Gasteiger partial charge < -0.3 is 5.32 Å². The van der Waals surface area contributed by atoms with Crippen LogP contribution in [0.1, 0.15) is 24.1 Å². The summed E-state index contributed by atoms with van der Waals surface area (Å²) >= 11 is 3.28. The van der Waals surface area contributed by atoms with Crippen LogP contribution in [-0.4, -0.2) is 20.7 Å². The van der Waals surface area contributed by atoms with Crippen molar-refractivity contribution >= 4 is 66.0 Å². The molecule has 26 heavy (non-hydrogen) atoms. The van der Waals surface area contributed by atoms with Crippen molar-refractivity contribution in [2.75, 3.05) is 5.32 Å². The van der Waals surface area contributed by atoms with Crippen molar-refractivity contribution in [3.05, 3.63) is 47.1 Å². The summed E-state index contributed by atoms with van der Waals surface area (Å²) in [6.07, 6.45) is 5.61. The third-order valence-electron chi connectivity index (χ3n) is 4.49. The second kappa shape index (κ2) is 6.26. The van der Waals surface area contributed by atoms with Crippen molar-refractivity contribution < 1.29 is 4.79 Å². The molecule has 0 aliphatic heterocycles. The van der Waals surface area contributed by atoms with Gasteiger partial charge in [0.25, 0.3) is 0 Å². The molecule has 7 heteroatoms. The summed E-state index contributed by atoms with van der Waals surface area (Å²) in [4.78, 5) is 26.8. The van der Waals surface area contributed by atoms with Crippen LogP contribution in [0.5, 0.6) is 0 Å². The van der Waals surface area contributed by atoms with Crippen LogP contribution in [0.15, 0.2) is 42.2 Å². The van der Waals surface area contributed by atoms with Gasteiger partial charge in [-0.25, -0.2) is 15.0 Å². The SMILES string of the molecule is O=C1CC=C(c2cc3c(Nc4ccc5scnc5c4)ncnc3s2)CC1. The lowest BCUT2D eigenvalue weighted by Gasteiger charge is -2.09. The minimum Gasteiger partial charge on any atom is -0.340 e. The highest BCUT2D eigenvalue weighted by Gasteiger charge is 2.16. The summed E-state index contributed by atoms with van der Waals surface area (Å²) < 4.78 is 1.17. The number of rotatable bonds is 3. The number of fused-ring (bicyclic) bond motifs is 2. The Balaban J connectivity index is 1.52. The lowest BCUT2D eigenvalue weighted by atomic mass is 9.97. The van der Waals surface area contributed by atoms with Gasteiger partial charge in [0, 0.05) is 23.4 Å². The molecule has 1 N–H and O–H groups in total. The second-order valence-corrected chi connectivity index (χ2v) is 8.10. The molecule has 0 fully saturated rings. The van der Waals surface area contributed by atoms with E-state index in [0.717, 1.165) is 33.7 Å². The van der Waals surface area contributed by atoms with E-state index in [4.69, 9.17) is 0 Å². The minimum atomic E-state index is 0.314. The van der Waals surface area contributed by atoms with Crippen LogP contribution in [0.2, 0.25) is 0 Å². The highest BCUT2D eigenvalue weighted by molar-refractivity contribution is 7.19. The number of hydrogen-bond acceptors (Lipinski definition) is 7. The lowest BCUT2D eigenvalue weighted by molar-refractivity contribution is -0.118. The van der Waals surface area contributed by atoms with E-state index < -0.39 is 0 Å². The van der Waals surface area contributed by atoms with E-state index in [0.29, 0.717) is 18.6 Å². The number of anilines is 2. The van der Waals surface area contributed by atoms with Crippen molar-refractivity contribution in [2.24, 2.45) is 0 Å². The zero-order chi connectivity index (χ0) is 17.5. The van der Waals surface area contributed by atoms with Gasteiger partial charge >= 0.3 is 0 Å². The average Bonchev–Trinajstić information content (AvgIpc) is 3.29. The van der Waals surface area contributed by atoms with E-state index >= 15 is 0 Å². The van der Waals surface area contributed by atoms with Gasteiger partial charge in [0.05, 0.1) is 21.1 Å². The van der Waals surface area contributed by atoms with E-state index in [-0.39, 0.29) is 0 Å². The Kier molecular flexibility index (Phi) is 3.76. The first-order valence-electron chi connectivity index (χ1n) is 8.32. The maximum Gasteiger partial charge on any atom is 0.142 e. The Morgan fingerprint density at radius 3 is 2.92 bits per heavy atom. The first-order chi connectivity index (χ1) is 12.8. The molecular weight excluding hydrogens is 364 g/mol. The van der Waals surface area contributed by atoms with E-state index in [1.54, 1.807) is 29.0 Å². The molecule has 4 aromatic rings. The summed E-state index contributed by atoms with van der Waals surface area (Å²) in [6.45, 7) is 0. The van der Waals surface area contributed by atoms with E-state index in [1.165, 1.54) is 15.2 Å². The molecule has 5 rings (SSSR count). The number of Topliss-reactive ketones (excluding diaryl/α,β-unsaturated/α-hetero) is 1. The van der Waals surface area contributed by atoms with Crippen molar-refractivity contribution in [3.8, 4) is 0 Å². The van der Waals surface area contributed by atoms with Gasteiger partial charge in [-0.05, 0) is 36.3 Å². The number of hydrogen-bond donors (Lipinski definition) is 1. The zero-order valence-corrected chi connectivity index (χ0v) is 15.4. The molecule has 3 aromatic heterocycles. The first-order valence-corrected chi connectivity index (χ1v) is 10.0. The van der Waals surface area contributed by atoms with Gasteiger partial charge in [0.2, 0.25) is 0 Å². The van der Waals surface area contributed by atoms with Crippen molar-refractivity contribution in [1.82, 2.24) is 15.0 Å². The molecule has 0 saturated heterocycles. The number of ketones is 1. The standard InChI is InChI=1S/C19H14N4OS2/c24-13-4-1-11(2-5-13)17-8-14-18(20-9-21-19(14)26-17)23-12-3-6-16-15(7-12)22-10-25-16/h1,3,6-10H,2,4-5H2,(H,20,21,23). The molecule has 128 valence electrons. The molecule has 0 atom stereocenters. The van der Waals surface area contributed by atoms with Gasteiger partial charge in [0.1, 0.15) is 22.8 Å². The Labute approximate surface area is 157 Å². The lowest BCUT2D eigenvalue weighted by Crippen LogP contribution is -2.01. The fourth-order valence-electron chi connectivity index (χ4n) is 3.12. The topological polar surface area (TPSA) is 67.8 Å². The fourth-order valence-corrected chi connectivity index (χ4v) is 4.85. The van der Waals surface area contributed by atoms with Crippen molar-refractivity contribution in [2.45, 2.75) is 19.3 Å². The molecule has 0 amide bonds. The van der Waals surface area contributed by atoms with Crippen LogP contribution in [0.3, 0.4) is 0 Å². The van der Waals surface area contributed by atoms with Crippen LogP contribution >= 0.6 is 22.7 Å². The molecule has 3 heterocycles. The summed E-state index contributed by atoms with van der Waals surface area (Å²) in [5, 5.41) is 4.40. The van der Waals surface area contributed by atoms with Gasteiger partial charge in [-0.3, -0.25) is 4.79 Å². The molecule has 1 aliphatic carbocycles. The normalized spacial score (nSPS) is 14.8. The molecule has 0 bridgehead atoms. The van der Waals surface area contributed by atoms with Crippen molar-refractivity contribution in [1.29, 1.82) is 0 Å². The third kappa shape index (κ3) is 2.79.